The van der Waals surface area contributed by atoms with Gasteiger partial charge in [0.05, 0.1) is 0 Å². The number of aliphatic hydroxyl groups is 1. The number of carbonyl (C=O) groups excluding carboxylic acids is 1. The zero-order valence-electron chi connectivity index (χ0n) is 16.9. The molecule has 4 rings (SSSR count). The normalized spacial score (nSPS) is 48.5. The van der Waals surface area contributed by atoms with Crippen LogP contribution in [0.5, 0.6) is 0 Å². The fourth-order valence-corrected chi connectivity index (χ4v) is 7.91. The summed E-state index contributed by atoms with van der Waals surface area (Å²) >= 11 is 0. The molecule has 8 atom stereocenters. The molecule has 0 spiro atoms. The number of hydrogen-bond acceptors (Lipinski definition) is 3. The molecule has 160 valence electrons. The minimum absolute atomic E-state index is 0.0155. The Morgan fingerprint density at radius 3 is 2.43 bits per heavy atom. The minimum Gasteiger partial charge on any atom is -0.380 e. The van der Waals surface area contributed by atoms with E-state index in [0.717, 1.165) is 38.5 Å². The van der Waals surface area contributed by atoms with E-state index in [9.17, 15) is 23.1 Å². The van der Waals surface area contributed by atoms with Gasteiger partial charge in [0.2, 0.25) is 0 Å². The molecule has 4 aliphatic carbocycles. The lowest BCUT2D eigenvalue weighted by atomic mass is 9.49. The number of Topliss-reactive ketones (excluding diaryl/α,β-unsaturated/α-hetero) is 1. The maximum Gasteiger partial charge on any atom is 0.417 e. The summed E-state index contributed by atoms with van der Waals surface area (Å²) in [6.45, 7) is 2.45. The number of halogens is 3. The van der Waals surface area contributed by atoms with Gasteiger partial charge in [0.1, 0.15) is 6.61 Å². The molecule has 0 radical (unpaired) electrons. The van der Waals surface area contributed by atoms with Gasteiger partial charge in [0.25, 0.3) is 0 Å². The number of rotatable bonds is 3. The zero-order chi connectivity index (χ0) is 20.3. The summed E-state index contributed by atoms with van der Waals surface area (Å²) in [4.78, 5) is 12.6. The molecule has 6 heteroatoms. The van der Waals surface area contributed by atoms with Crippen molar-refractivity contribution in [2.45, 2.75) is 76.5 Å². The molecule has 0 saturated heterocycles. The first kappa shape index (κ1) is 20.6. The summed E-state index contributed by atoms with van der Waals surface area (Å²) in [5, 5.41) is 10.2. The van der Waals surface area contributed by atoms with E-state index in [2.05, 4.69) is 6.92 Å². The first-order valence-corrected chi connectivity index (χ1v) is 10.9. The van der Waals surface area contributed by atoms with Crippen molar-refractivity contribution in [1.29, 1.82) is 0 Å². The molecule has 0 aromatic heterocycles. The largest absolute Gasteiger partial charge is 0.417 e. The summed E-state index contributed by atoms with van der Waals surface area (Å²) in [7, 11) is 1.57. The van der Waals surface area contributed by atoms with Gasteiger partial charge < -0.3 is 9.84 Å². The quantitative estimate of drug-likeness (QED) is 0.740. The second-order valence-corrected chi connectivity index (χ2v) is 10.3. The van der Waals surface area contributed by atoms with Crippen molar-refractivity contribution >= 4 is 5.78 Å². The number of fused-ring (bicyclic) bond motifs is 5. The van der Waals surface area contributed by atoms with Crippen molar-refractivity contribution in [3.63, 3.8) is 0 Å². The molecule has 0 aromatic rings. The van der Waals surface area contributed by atoms with E-state index >= 15 is 0 Å². The Bertz CT molecular complexity index is 621. The van der Waals surface area contributed by atoms with E-state index in [1.54, 1.807) is 7.11 Å². The highest BCUT2D eigenvalue weighted by Gasteiger charge is 2.62. The standard InChI is InChI=1S/C22H33F3O3/c1-20-9-7-15-14-8-10-21(27,22(23,24)25)11-13(14)3-4-16(15)17(20)5-6-18(20)19(26)12-28-2/h13-18,27H,3-12H2,1-2H3/t13-,14+,15-,16-,17+,18-,20+,21-/m1/s1. The number of hydrogen-bond donors (Lipinski definition) is 1. The Hall–Kier alpha value is -0.620. The predicted octanol–water partition coefficient (Wildman–Crippen LogP) is 4.76. The van der Waals surface area contributed by atoms with Crippen LogP contribution in [0.15, 0.2) is 0 Å². The van der Waals surface area contributed by atoms with Crippen LogP contribution in [0.1, 0.15) is 64.7 Å². The third-order valence-electron chi connectivity index (χ3n) is 9.21. The SMILES string of the molecule is COCC(=O)[C@H]1CC[C@H]2[C@@H]3CC[C@@H]4C[C@@](O)(C(F)(F)F)CC[C@@H]4[C@H]3CC[C@]12C. The van der Waals surface area contributed by atoms with Crippen molar-refractivity contribution in [3.05, 3.63) is 0 Å². The molecule has 3 nitrogen and oxygen atoms in total. The lowest BCUT2D eigenvalue weighted by molar-refractivity contribution is -0.282. The van der Waals surface area contributed by atoms with Gasteiger partial charge in [-0.3, -0.25) is 4.79 Å². The lowest BCUT2D eigenvalue weighted by Gasteiger charge is -2.57. The molecule has 4 aliphatic rings. The molecule has 4 saturated carbocycles. The van der Waals surface area contributed by atoms with E-state index in [0.29, 0.717) is 30.1 Å². The molecular weight excluding hydrogens is 369 g/mol. The molecule has 0 heterocycles. The van der Waals surface area contributed by atoms with Crippen molar-refractivity contribution in [2.75, 3.05) is 13.7 Å². The maximum absolute atomic E-state index is 13.3. The molecular formula is C22H33F3O3. The maximum atomic E-state index is 13.3. The van der Waals surface area contributed by atoms with Gasteiger partial charge in [-0.05, 0) is 92.8 Å². The lowest BCUT2D eigenvalue weighted by Crippen LogP contribution is -2.55. The number of carbonyl (C=O) groups is 1. The van der Waals surface area contributed by atoms with Crippen LogP contribution in [0.2, 0.25) is 0 Å². The third-order valence-corrected chi connectivity index (χ3v) is 9.21. The average Bonchev–Trinajstić information content (AvgIpc) is 2.98. The number of methoxy groups -OCH3 is 1. The van der Waals surface area contributed by atoms with Crippen LogP contribution in [0.25, 0.3) is 0 Å². The van der Waals surface area contributed by atoms with E-state index in [1.807, 2.05) is 0 Å². The van der Waals surface area contributed by atoms with E-state index in [1.165, 1.54) is 0 Å². The van der Waals surface area contributed by atoms with Crippen LogP contribution < -0.4 is 0 Å². The van der Waals surface area contributed by atoms with Gasteiger partial charge in [-0.25, -0.2) is 0 Å². The summed E-state index contributed by atoms with van der Waals surface area (Å²) < 4.78 is 45.1. The molecule has 4 fully saturated rings. The average molecular weight is 402 g/mol. The molecule has 28 heavy (non-hydrogen) atoms. The van der Waals surface area contributed by atoms with Crippen LogP contribution in [-0.2, 0) is 9.53 Å². The van der Waals surface area contributed by atoms with Gasteiger partial charge in [-0.2, -0.15) is 13.2 Å². The first-order valence-electron chi connectivity index (χ1n) is 10.9. The second kappa shape index (κ2) is 6.97. The number of ether oxygens (including phenoxy) is 1. The number of ketones is 1. The third kappa shape index (κ3) is 3.05. The van der Waals surface area contributed by atoms with E-state index in [4.69, 9.17) is 4.74 Å². The van der Waals surface area contributed by atoms with Crippen LogP contribution in [0, 0.1) is 40.9 Å². The van der Waals surface area contributed by atoms with Gasteiger partial charge in [0, 0.05) is 13.0 Å². The van der Waals surface area contributed by atoms with E-state index < -0.39 is 11.8 Å². The summed E-state index contributed by atoms with van der Waals surface area (Å²) in [5.41, 5.74) is -2.47. The highest BCUT2D eigenvalue weighted by molar-refractivity contribution is 5.83. The molecule has 0 aliphatic heterocycles. The Labute approximate surface area is 165 Å². The Balaban J connectivity index is 1.50. The number of alkyl halides is 3. The van der Waals surface area contributed by atoms with Crippen LogP contribution in [-0.4, -0.2) is 36.4 Å². The van der Waals surface area contributed by atoms with Crippen molar-refractivity contribution < 1.29 is 27.8 Å². The molecule has 0 bridgehead atoms. The summed E-state index contributed by atoms with van der Waals surface area (Å²) in [5.74, 6) is 2.06. The molecule has 1 N–H and O–H groups in total. The van der Waals surface area contributed by atoms with Crippen molar-refractivity contribution in [3.8, 4) is 0 Å². The fourth-order valence-electron chi connectivity index (χ4n) is 7.91. The zero-order valence-corrected chi connectivity index (χ0v) is 16.9. The minimum atomic E-state index is -4.53. The van der Waals surface area contributed by atoms with Gasteiger partial charge in [0.15, 0.2) is 11.4 Å². The van der Waals surface area contributed by atoms with Gasteiger partial charge in [-0.15, -0.1) is 0 Å². The Morgan fingerprint density at radius 1 is 1.04 bits per heavy atom. The second-order valence-electron chi connectivity index (χ2n) is 10.3. The topological polar surface area (TPSA) is 46.5 Å². The van der Waals surface area contributed by atoms with Crippen LogP contribution in [0.4, 0.5) is 13.2 Å². The smallest absolute Gasteiger partial charge is 0.380 e. The van der Waals surface area contributed by atoms with Crippen LogP contribution >= 0.6 is 0 Å². The van der Waals surface area contributed by atoms with Gasteiger partial charge in [-0.1, -0.05) is 6.92 Å². The molecule has 0 amide bonds. The Kier molecular flexibility index (Phi) is 5.14. The monoisotopic (exact) mass is 402 g/mol. The van der Waals surface area contributed by atoms with Crippen LogP contribution in [0.3, 0.4) is 0 Å². The van der Waals surface area contributed by atoms with Gasteiger partial charge >= 0.3 is 6.18 Å². The van der Waals surface area contributed by atoms with Crippen molar-refractivity contribution in [2.24, 2.45) is 40.9 Å². The highest BCUT2D eigenvalue weighted by Crippen LogP contribution is 2.65. The van der Waals surface area contributed by atoms with Crippen molar-refractivity contribution in [1.82, 2.24) is 0 Å². The summed E-state index contributed by atoms with van der Waals surface area (Å²) in [6, 6.07) is 0. The molecule has 0 unspecified atom stereocenters. The molecule has 0 aromatic carbocycles. The predicted molar refractivity (Wildman–Crippen MR) is 98.5 cm³/mol. The first-order chi connectivity index (χ1) is 13.1. The highest BCUT2D eigenvalue weighted by atomic mass is 19.4. The fraction of sp³-hybridized carbons (Fsp3) is 0.955. The van der Waals surface area contributed by atoms with E-state index in [-0.39, 0.29) is 42.5 Å². The Morgan fingerprint density at radius 2 is 1.75 bits per heavy atom. The summed E-state index contributed by atoms with van der Waals surface area (Å²) in [6.07, 6.45) is 1.40.